The molecule has 2 aromatic heterocycles. The Morgan fingerprint density at radius 1 is 1.08 bits per heavy atom. The van der Waals surface area contributed by atoms with Gasteiger partial charge < -0.3 is 15.5 Å². The number of nitrogens with one attached hydrogen (secondary N) is 2. The smallest absolute Gasteiger partial charge is 0.315 e. The Labute approximate surface area is 153 Å². The highest BCUT2D eigenvalue weighted by Crippen LogP contribution is 2.21. The Bertz CT molecular complexity index is 923. The van der Waals surface area contributed by atoms with E-state index >= 15 is 0 Å². The summed E-state index contributed by atoms with van der Waals surface area (Å²) in [5, 5.41) is 6.82. The van der Waals surface area contributed by atoms with Gasteiger partial charge in [-0.1, -0.05) is 24.3 Å². The van der Waals surface area contributed by atoms with Crippen molar-refractivity contribution in [2.45, 2.75) is 20.0 Å². The van der Waals surface area contributed by atoms with Crippen LogP contribution in [0, 0.1) is 6.92 Å². The summed E-state index contributed by atoms with van der Waals surface area (Å²) in [6, 6.07) is 13.6. The van der Waals surface area contributed by atoms with Crippen LogP contribution in [0.15, 0.2) is 48.7 Å². The zero-order chi connectivity index (χ0) is 18.5. The van der Waals surface area contributed by atoms with Crippen molar-refractivity contribution in [2.24, 2.45) is 0 Å². The first kappa shape index (κ1) is 17.7. The summed E-state index contributed by atoms with van der Waals surface area (Å²) in [5.74, 6) is 0.866. The number of para-hydroxylation sites is 1. The zero-order valence-electron chi connectivity index (χ0n) is 15.3. The maximum Gasteiger partial charge on any atom is 0.315 e. The molecule has 2 heterocycles. The van der Waals surface area contributed by atoms with Gasteiger partial charge in [0.1, 0.15) is 5.82 Å². The molecule has 3 aromatic rings. The first-order valence-electron chi connectivity index (χ1n) is 8.53. The number of urea groups is 1. The van der Waals surface area contributed by atoms with Gasteiger partial charge in [-0.15, -0.1) is 0 Å². The molecule has 0 unspecified atom stereocenters. The highest BCUT2D eigenvalue weighted by Gasteiger charge is 2.09. The molecule has 0 spiro atoms. The third kappa shape index (κ3) is 4.08. The Morgan fingerprint density at radius 2 is 1.85 bits per heavy atom. The highest BCUT2D eigenvalue weighted by molar-refractivity contribution is 5.84. The monoisotopic (exact) mass is 349 g/mol. The summed E-state index contributed by atoms with van der Waals surface area (Å²) in [5.41, 5.74) is 3.87. The standard InChI is InChI=1S/C20H23N5O/c1-14-7-6-10-21-18(14)13-23-20(26)22-12-15-11-19(25(2)3)24-17-9-5-4-8-16(15)17/h4-11H,12-13H2,1-3H3,(H2,22,23,26). The van der Waals surface area contributed by atoms with Gasteiger partial charge in [0, 0.05) is 32.2 Å². The van der Waals surface area contributed by atoms with Crippen molar-refractivity contribution in [3.63, 3.8) is 0 Å². The fraction of sp³-hybridized carbons (Fsp3) is 0.250. The van der Waals surface area contributed by atoms with E-state index in [1.807, 2.05) is 68.4 Å². The first-order valence-corrected chi connectivity index (χ1v) is 8.53. The van der Waals surface area contributed by atoms with Crippen molar-refractivity contribution in [3.05, 3.63) is 65.5 Å². The quantitative estimate of drug-likeness (QED) is 0.743. The minimum Gasteiger partial charge on any atom is -0.363 e. The number of rotatable bonds is 5. The molecule has 3 rings (SSSR count). The van der Waals surface area contributed by atoms with E-state index in [4.69, 9.17) is 0 Å². The second kappa shape index (κ2) is 7.82. The summed E-state index contributed by atoms with van der Waals surface area (Å²) in [7, 11) is 3.91. The van der Waals surface area contributed by atoms with Crippen LogP contribution in [0.2, 0.25) is 0 Å². The van der Waals surface area contributed by atoms with Crippen LogP contribution in [0.1, 0.15) is 16.8 Å². The van der Waals surface area contributed by atoms with Crippen LogP contribution >= 0.6 is 0 Å². The van der Waals surface area contributed by atoms with Crippen LogP contribution in [-0.4, -0.2) is 30.1 Å². The van der Waals surface area contributed by atoms with E-state index in [1.54, 1.807) is 6.20 Å². The molecule has 6 heteroatoms. The highest BCUT2D eigenvalue weighted by atomic mass is 16.2. The van der Waals surface area contributed by atoms with Gasteiger partial charge in [-0.3, -0.25) is 4.98 Å². The number of aryl methyl sites for hydroxylation is 1. The number of fused-ring (bicyclic) bond motifs is 1. The summed E-state index contributed by atoms with van der Waals surface area (Å²) in [6.45, 7) is 2.81. The third-order valence-corrected chi connectivity index (χ3v) is 4.22. The predicted molar refractivity (Wildman–Crippen MR) is 104 cm³/mol. The van der Waals surface area contributed by atoms with Crippen molar-refractivity contribution in [3.8, 4) is 0 Å². The third-order valence-electron chi connectivity index (χ3n) is 4.22. The topological polar surface area (TPSA) is 70.2 Å². The van der Waals surface area contributed by atoms with Crippen molar-refractivity contribution >= 4 is 22.8 Å². The molecule has 0 saturated carbocycles. The molecule has 0 aliphatic heterocycles. The number of benzene rings is 1. The van der Waals surface area contributed by atoms with Gasteiger partial charge in [0.2, 0.25) is 0 Å². The molecule has 134 valence electrons. The van der Waals surface area contributed by atoms with Crippen LogP contribution < -0.4 is 15.5 Å². The lowest BCUT2D eigenvalue weighted by Gasteiger charge is -2.15. The molecule has 0 fully saturated rings. The number of amides is 2. The summed E-state index contributed by atoms with van der Waals surface area (Å²) in [6.07, 6.45) is 1.73. The predicted octanol–water partition coefficient (Wildman–Crippen LogP) is 3.00. The Kier molecular flexibility index (Phi) is 5.31. The molecule has 0 aliphatic carbocycles. The van der Waals surface area contributed by atoms with Gasteiger partial charge in [0.25, 0.3) is 0 Å². The van der Waals surface area contributed by atoms with E-state index in [0.29, 0.717) is 13.1 Å². The lowest BCUT2D eigenvalue weighted by Crippen LogP contribution is -2.35. The maximum absolute atomic E-state index is 12.2. The van der Waals surface area contributed by atoms with E-state index in [-0.39, 0.29) is 6.03 Å². The van der Waals surface area contributed by atoms with Gasteiger partial charge in [-0.05, 0) is 36.2 Å². The van der Waals surface area contributed by atoms with E-state index < -0.39 is 0 Å². The molecular weight excluding hydrogens is 326 g/mol. The average Bonchev–Trinajstić information content (AvgIpc) is 2.65. The van der Waals surface area contributed by atoms with E-state index in [2.05, 4.69) is 20.6 Å². The minimum atomic E-state index is -0.220. The summed E-state index contributed by atoms with van der Waals surface area (Å²) in [4.78, 5) is 23.1. The van der Waals surface area contributed by atoms with Crippen LogP contribution in [0.25, 0.3) is 10.9 Å². The van der Waals surface area contributed by atoms with Gasteiger partial charge in [-0.2, -0.15) is 0 Å². The fourth-order valence-corrected chi connectivity index (χ4v) is 2.71. The van der Waals surface area contributed by atoms with Gasteiger partial charge in [-0.25, -0.2) is 9.78 Å². The molecule has 2 N–H and O–H groups in total. The van der Waals surface area contributed by atoms with Crippen LogP contribution in [0.4, 0.5) is 10.6 Å². The van der Waals surface area contributed by atoms with Crippen molar-refractivity contribution < 1.29 is 4.79 Å². The summed E-state index contributed by atoms with van der Waals surface area (Å²) < 4.78 is 0. The maximum atomic E-state index is 12.2. The number of pyridine rings is 2. The normalized spacial score (nSPS) is 10.6. The number of nitrogens with zero attached hydrogens (tertiary/aromatic N) is 3. The fourth-order valence-electron chi connectivity index (χ4n) is 2.71. The van der Waals surface area contributed by atoms with Crippen molar-refractivity contribution in [1.29, 1.82) is 0 Å². The lowest BCUT2D eigenvalue weighted by molar-refractivity contribution is 0.240. The second-order valence-electron chi connectivity index (χ2n) is 6.35. The molecule has 0 bridgehead atoms. The molecule has 2 amide bonds. The number of hydrogen-bond acceptors (Lipinski definition) is 4. The van der Waals surface area contributed by atoms with Crippen molar-refractivity contribution in [2.75, 3.05) is 19.0 Å². The number of carbonyl (C=O) groups is 1. The van der Waals surface area contributed by atoms with Gasteiger partial charge in [0.05, 0.1) is 17.8 Å². The van der Waals surface area contributed by atoms with Crippen molar-refractivity contribution in [1.82, 2.24) is 20.6 Å². The SMILES string of the molecule is Cc1cccnc1CNC(=O)NCc1cc(N(C)C)nc2ccccc12. The average molecular weight is 349 g/mol. The van der Waals surface area contributed by atoms with E-state index in [0.717, 1.165) is 33.5 Å². The van der Waals surface area contributed by atoms with Gasteiger partial charge in [0.15, 0.2) is 0 Å². The van der Waals surface area contributed by atoms with E-state index in [9.17, 15) is 4.79 Å². The van der Waals surface area contributed by atoms with Crippen LogP contribution in [-0.2, 0) is 13.1 Å². The zero-order valence-corrected chi connectivity index (χ0v) is 15.3. The molecule has 0 saturated heterocycles. The molecule has 0 atom stereocenters. The molecule has 1 aromatic carbocycles. The minimum absolute atomic E-state index is 0.220. The number of anilines is 1. The first-order chi connectivity index (χ1) is 12.5. The molecule has 0 aliphatic rings. The van der Waals surface area contributed by atoms with Crippen LogP contribution in [0.5, 0.6) is 0 Å². The Balaban J connectivity index is 1.69. The van der Waals surface area contributed by atoms with Gasteiger partial charge >= 0.3 is 6.03 Å². The van der Waals surface area contributed by atoms with E-state index in [1.165, 1.54) is 0 Å². The second-order valence-corrected chi connectivity index (χ2v) is 6.35. The largest absolute Gasteiger partial charge is 0.363 e. The molecule has 0 radical (unpaired) electrons. The molecular formula is C20H23N5O. The molecule has 6 nitrogen and oxygen atoms in total. The Morgan fingerprint density at radius 3 is 2.62 bits per heavy atom. The van der Waals surface area contributed by atoms with Crippen LogP contribution in [0.3, 0.4) is 0 Å². The number of hydrogen-bond donors (Lipinski definition) is 2. The summed E-state index contributed by atoms with van der Waals surface area (Å²) >= 11 is 0. The number of carbonyl (C=O) groups excluding carboxylic acids is 1. The Hall–Kier alpha value is -3.15. The number of aromatic nitrogens is 2. The molecule has 26 heavy (non-hydrogen) atoms. The lowest BCUT2D eigenvalue weighted by atomic mass is 10.1.